The summed E-state index contributed by atoms with van der Waals surface area (Å²) in [5, 5.41) is 3.03. The lowest BCUT2D eigenvalue weighted by atomic mass is 10.0. The molecule has 1 fully saturated rings. The maximum absolute atomic E-state index is 12.7. The third-order valence-corrected chi connectivity index (χ3v) is 7.12. The second-order valence-electron chi connectivity index (χ2n) is 7.31. The molecule has 0 aromatic heterocycles. The van der Waals surface area contributed by atoms with Gasteiger partial charge in [-0.1, -0.05) is 36.4 Å². The summed E-state index contributed by atoms with van der Waals surface area (Å²) in [7, 11) is -3.49. The van der Waals surface area contributed by atoms with Crippen LogP contribution in [0.5, 0.6) is 0 Å². The number of carbonyl (C=O) groups is 1. The highest BCUT2D eigenvalue weighted by Gasteiger charge is 2.26. The lowest BCUT2D eigenvalue weighted by Gasteiger charge is -2.26. The van der Waals surface area contributed by atoms with Gasteiger partial charge in [0.15, 0.2) is 0 Å². The van der Waals surface area contributed by atoms with E-state index >= 15 is 0 Å². The molecule has 1 N–H and O–H groups in total. The zero-order chi connectivity index (χ0) is 20.9. The second kappa shape index (κ2) is 9.52. The molecular formula is C22H28N2O4S. The molecule has 29 heavy (non-hydrogen) atoms. The first-order chi connectivity index (χ1) is 13.9. The molecule has 1 heterocycles. The standard InChI is InChI=1S/C22H28N2O4S/c1-17-5-3-4-6-21(17)18(2)23-22(25)12-9-19-7-10-20(11-8-19)29(26,27)24-13-15-28-16-14-24/h3-8,10-11,18H,9,12-16H2,1-2H3,(H,23,25). The van der Waals surface area contributed by atoms with E-state index in [4.69, 9.17) is 4.74 Å². The summed E-state index contributed by atoms with van der Waals surface area (Å²) in [5.74, 6) is -0.0224. The van der Waals surface area contributed by atoms with Crippen LogP contribution in [0.1, 0.15) is 36.1 Å². The van der Waals surface area contributed by atoms with Crippen molar-refractivity contribution in [3.63, 3.8) is 0 Å². The molecule has 2 aromatic carbocycles. The van der Waals surface area contributed by atoms with Crippen LogP contribution in [0.25, 0.3) is 0 Å². The summed E-state index contributed by atoms with van der Waals surface area (Å²) in [6, 6.07) is 14.8. The average molecular weight is 417 g/mol. The lowest BCUT2D eigenvalue weighted by molar-refractivity contribution is -0.121. The largest absolute Gasteiger partial charge is 0.379 e. The van der Waals surface area contributed by atoms with Gasteiger partial charge in [0.2, 0.25) is 15.9 Å². The van der Waals surface area contributed by atoms with Gasteiger partial charge in [0.25, 0.3) is 0 Å². The molecular weight excluding hydrogens is 388 g/mol. The van der Waals surface area contributed by atoms with Crippen molar-refractivity contribution < 1.29 is 17.9 Å². The monoisotopic (exact) mass is 416 g/mol. The summed E-state index contributed by atoms with van der Waals surface area (Å²) in [6.07, 6.45) is 0.913. The Bertz CT molecular complexity index is 936. The zero-order valence-electron chi connectivity index (χ0n) is 16.9. The van der Waals surface area contributed by atoms with E-state index < -0.39 is 10.0 Å². The van der Waals surface area contributed by atoms with Gasteiger partial charge in [-0.2, -0.15) is 4.31 Å². The summed E-state index contributed by atoms with van der Waals surface area (Å²) < 4.78 is 32.0. The maximum Gasteiger partial charge on any atom is 0.243 e. The number of nitrogens with one attached hydrogen (secondary N) is 1. The average Bonchev–Trinajstić information content (AvgIpc) is 2.73. The van der Waals surface area contributed by atoms with E-state index in [0.717, 1.165) is 16.7 Å². The van der Waals surface area contributed by atoms with Gasteiger partial charge in [-0.05, 0) is 49.1 Å². The van der Waals surface area contributed by atoms with Crippen molar-refractivity contribution >= 4 is 15.9 Å². The van der Waals surface area contributed by atoms with Crippen LogP contribution in [-0.2, 0) is 26.0 Å². The Morgan fingerprint density at radius 3 is 2.41 bits per heavy atom. The molecule has 1 amide bonds. The molecule has 0 saturated carbocycles. The Hall–Kier alpha value is -2.22. The number of rotatable bonds is 7. The van der Waals surface area contributed by atoms with Crippen molar-refractivity contribution in [2.24, 2.45) is 0 Å². The van der Waals surface area contributed by atoms with E-state index in [-0.39, 0.29) is 16.8 Å². The van der Waals surface area contributed by atoms with Crippen molar-refractivity contribution in [3.05, 3.63) is 65.2 Å². The molecule has 0 aliphatic carbocycles. The van der Waals surface area contributed by atoms with Crippen LogP contribution in [0.2, 0.25) is 0 Å². The second-order valence-corrected chi connectivity index (χ2v) is 9.24. The number of benzene rings is 2. The Balaban J connectivity index is 1.54. The van der Waals surface area contributed by atoms with Crippen molar-refractivity contribution in [3.8, 4) is 0 Å². The van der Waals surface area contributed by atoms with Gasteiger partial charge in [-0.15, -0.1) is 0 Å². The third-order valence-electron chi connectivity index (χ3n) is 5.20. The SMILES string of the molecule is Cc1ccccc1C(C)NC(=O)CCc1ccc(S(=O)(=O)N2CCOCC2)cc1. The highest BCUT2D eigenvalue weighted by atomic mass is 32.2. The van der Waals surface area contributed by atoms with Gasteiger partial charge in [0.1, 0.15) is 0 Å². The van der Waals surface area contributed by atoms with Crippen molar-refractivity contribution in [1.29, 1.82) is 0 Å². The van der Waals surface area contributed by atoms with E-state index in [0.29, 0.717) is 39.1 Å². The Kier molecular flexibility index (Phi) is 7.05. The number of carbonyl (C=O) groups excluding carboxylic acids is 1. The number of hydrogen-bond acceptors (Lipinski definition) is 4. The van der Waals surface area contributed by atoms with Crippen molar-refractivity contribution in [2.75, 3.05) is 26.3 Å². The van der Waals surface area contributed by atoms with Gasteiger partial charge >= 0.3 is 0 Å². The van der Waals surface area contributed by atoms with Gasteiger partial charge in [-0.25, -0.2) is 8.42 Å². The quantitative estimate of drug-likeness (QED) is 0.753. The summed E-state index contributed by atoms with van der Waals surface area (Å²) in [4.78, 5) is 12.6. The number of ether oxygens (including phenoxy) is 1. The number of nitrogens with zero attached hydrogens (tertiary/aromatic N) is 1. The van der Waals surface area contributed by atoms with Crippen LogP contribution in [0.15, 0.2) is 53.4 Å². The Labute approximate surface area is 172 Å². The molecule has 156 valence electrons. The number of sulfonamides is 1. The fourth-order valence-electron chi connectivity index (χ4n) is 3.49. The van der Waals surface area contributed by atoms with Crippen molar-refractivity contribution in [1.82, 2.24) is 9.62 Å². The number of morpholine rings is 1. The molecule has 1 aliphatic heterocycles. The molecule has 7 heteroatoms. The minimum Gasteiger partial charge on any atom is -0.379 e. The normalized spacial score (nSPS) is 16.3. The molecule has 1 atom stereocenters. The Morgan fingerprint density at radius 2 is 1.76 bits per heavy atom. The van der Waals surface area contributed by atoms with Crippen LogP contribution >= 0.6 is 0 Å². The Morgan fingerprint density at radius 1 is 1.10 bits per heavy atom. The molecule has 1 aliphatic rings. The predicted molar refractivity (Wildman–Crippen MR) is 112 cm³/mol. The zero-order valence-corrected chi connectivity index (χ0v) is 17.7. The van der Waals surface area contributed by atoms with Gasteiger partial charge in [0, 0.05) is 19.5 Å². The molecule has 0 spiro atoms. The first-order valence-electron chi connectivity index (χ1n) is 9.89. The summed E-state index contributed by atoms with van der Waals surface area (Å²) in [6.45, 7) is 5.61. The summed E-state index contributed by atoms with van der Waals surface area (Å²) in [5.41, 5.74) is 3.19. The maximum atomic E-state index is 12.7. The van der Waals surface area contributed by atoms with E-state index in [9.17, 15) is 13.2 Å². The van der Waals surface area contributed by atoms with Crippen LogP contribution < -0.4 is 5.32 Å². The van der Waals surface area contributed by atoms with Crippen LogP contribution in [-0.4, -0.2) is 44.9 Å². The lowest BCUT2D eigenvalue weighted by Crippen LogP contribution is -2.40. The highest BCUT2D eigenvalue weighted by Crippen LogP contribution is 2.19. The van der Waals surface area contributed by atoms with E-state index in [1.807, 2.05) is 38.1 Å². The van der Waals surface area contributed by atoms with Crippen LogP contribution in [0.3, 0.4) is 0 Å². The number of hydrogen-bond donors (Lipinski definition) is 1. The van der Waals surface area contributed by atoms with Crippen molar-refractivity contribution in [2.45, 2.75) is 37.6 Å². The fraction of sp³-hybridized carbons (Fsp3) is 0.409. The smallest absolute Gasteiger partial charge is 0.243 e. The first-order valence-corrected chi connectivity index (χ1v) is 11.3. The van der Waals surface area contributed by atoms with Crippen LogP contribution in [0.4, 0.5) is 0 Å². The minimum atomic E-state index is -3.49. The molecule has 2 aromatic rings. The molecule has 3 rings (SSSR count). The van der Waals surface area contributed by atoms with E-state index in [2.05, 4.69) is 5.32 Å². The van der Waals surface area contributed by atoms with E-state index in [1.165, 1.54) is 4.31 Å². The fourth-order valence-corrected chi connectivity index (χ4v) is 4.89. The molecule has 1 saturated heterocycles. The van der Waals surface area contributed by atoms with Crippen LogP contribution in [0, 0.1) is 6.92 Å². The molecule has 6 nitrogen and oxygen atoms in total. The third kappa shape index (κ3) is 5.44. The first kappa shape index (κ1) is 21.5. The molecule has 1 unspecified atom stereocenters. The van der Waals surface area contributed by atoms with Gasteiger partial charge in [-0.3, -0.25) is 4.79 Å². The highest BCUT2D eigenvalue weighted by molar-refractivity contribution is 7.89. The molecule has 0 radical (unpaired) electrons. The minimum absolute atomic E-state index is 0.0224. The van der Waals surface area contributed by atoms with E-state index in [1.54, 1.807) is 24.3 Å². The topological polar surface area (TPSA) is 75.7 Å². The predicted octanol–water partition coefficient (Wildman–Crippen LogP) is 2.83. The number of aryl methyl sites for hydroxylation is 2. The van der Waals surface area contributed by atoms with Gasteiger partial charge < -0.3 is 10.1 Å². The molecule has 0 bridgehead atoms. The summed E-state index contributed by atoms with van der Waals surface area (Å²) >= 11 is 0. The number of amides is 1. The van der Waals surface area contributed by atoms with Gasteiger partial charge in [0.05, 0.1) is 24.2 Å².